The van der Waals surface area contributed by atoms with Gasteiger partial charge in [0.05, 0.1) is 30.3 Å². The number of esters is 1. The fourth-order valence-electron chi connectivity index (χ4n) is 3.08. The van der Waals surface area contributed by atoms with Crippen LogP contribution in [0.5, 0.6) is 0 Å². The second kappa shape index (κ2) is 12.1. The lowest BCUT2D eigenvalue weighted by atomic mass is 10.2. The zero-order chi connectivity index (χ0) is 23.8. The molecule has 1 amide bonds. The van der Waals surface area contributed by atoms with Gasteiger partial charge in [0.25, 0.3) is 0 Å². The van der Waals surface area contributed by atoms with Crippen LogP contribution in [0.25, 0.3) is 5.69 Å². The molecule has 0 spiro atoms. The van der Waals surface area contributed by atoms with E-state index in [1.807, 2.05) is 23.6 Å². The summed E-state index contributed by atoms with van der Waals surface area (Å²) in [4.78, 5) is 23.7. The van der Waals surface area contributed by atoms with Gasteiger partial charge in [-0.2, -0.15) is 0 Å². The summed E-state index contributed by atoms with van der Waals surface area (Å²) in [5.74, 6) is 0.513. The van der Waals surface area contributed by atoms with Crippen molar-refractivity contribution in [2.75, 3.05) is 6.61 Å². The van der Waals surface area contributed by atoms with Gasteiger partial charge in [0.2, 0.25) is 5.91 Å². The van der Waals surface area contributed by atoms with Crippen molar-refractivity contribution in [2.45, 2.75) is 44.1 Å². The third kappa shape index (κ3) is 7.22. The number of nitrogens with one attached hydrogen (secondary N) is 1. The molecule has 0 aliphatic heterocycles. The number of rotatable bonds is 10. The topological polar surface area (TPSA) is 86.1 Å². The number of hydrogen-bond acceptors (Lipinski definition) is 6. The van der Waals surface area contributed by atoms with E-state index in [-0.39, 0.29) is 31.9 Å². The van der Waals surface area contributed by atoms with Crippen molar-refractivity contribution < 1.29 is 14.3 Å². The van der Waals surface area contributed by atoms with E-state index in [0.29, 0.717) is 32.5 Å². The molecule has 0 unspecified atom stereocenters. The molecule has 1 N–H and O–H groups in total. The molecule has 0 saturated heterocycles. The summed E-state index contributed by atoms with van der Waals surface area (Å²) in [5, 5.41) is 13.0. The lowest BCUT2D eigenvalue weighted by Crippen LogP contribution is -2.25. The number of aryl methyl sites for hydroxylation is 1. The van der Waals surface area contributed by atoms with Crippen molar-refractivity contribution in [3.8, 4) is 5.69 Å². The lowest BCUT2D eigenvalue weighted by Gasteiger charge is -2.13. The Hall–Kier alpha value is -2.55. The van der Waals surface area contributed by atoms with Crippen molar-refractivity contribution in [2.24, 2.45) is 0 Å². The van der Waals surface area contributed by atoms with E-state index in [0.717, 1.165) is 5.56 Å². The molecule has 174 valence electrons. The monoisotopic (exact) mass is 506 g/mol. The number of benzene rings is 2. The van der Waals surface area contributed by atoms with Crippen molar-refractivity contribution >= 4 is 46.8 Å². The summed E-state index contributed by atoms with van der Waals surface area (Å²) < 4.78 is 6.67. The average molecular weight is 507 g/mol. The summed E-state index contributed by atoms with van der Waals surface area (Å²) in [6.07, 6.45) is 0.0522. The van der Waals surface area contributed by atoms with Gasteiger partial charge < -0.3 is 10.1 Å². The highest BCUT2D eigenvalue weighted by Crippen LogP contribution is 2.30. The predicted molar refractivity (Wildman–Crippen MR) is 130 cm³/mol. The van der Waals surface area contributed by atoms with E-state index in [2.05, 4.69) is 27.6 Å². The number of thioether (sulfide) groups is 1. The van der Waals surface area contributed by atoms with Crippen LogP contribution in [0.3, 0.4) is 0 Å². The van der Waals surface area contributed by atoms with Crippen LogP contribution in [0.15, 0.2) is 47.6 Å². The molecule has 10 heteroatoms. The van der Waals surface area contributed by atoms with E-state index in [4.69, 9.17) is 27.9 Å². The fraction of sp³-hybridized carbons (Fsp3) is 0.304. The first-order valence-electron chi connectivity index (χ1n) is 10.4. The number of amides is 1. The van der Waals surface area contributed by atoms with Crippen LogP contribution < -0.4 is 5.32 Å². The van der Waals surface area contributed by atoms with Crippen molar-refractivity contribution in [3.05, 3.63) is 69.5 Å². The van der Waals surface area contributed by atoms with Gasteiger partial charge in [-0.3, -0.25) is 14.2 Å². The van der Waals surface area contributed by atoms with Crippen LogP contribution in [0.2, 0.25) is 10.0 Å². The van der Waals surface area contributed by atoms with E-state index < -0.39 is 5.97 Å². The summed E-state index contributed by atoms with van der Waals surface area (Å²) in [6.45, 7) is 4.18. The van der Waals surface area contributed by atoms with Crippen molar-refractivity contribution in [1.29, 1.82) is 0 Å². The molecule has 3 aromatic rings. The van der Waals surface area contributed by atoms with Gasteiger partial charge in [0, 0.05) is 17.2 Å². The highest BCUT2D eigenvalue weighted by molar-refractivity contribution is 7.98. The van der Waals surface area contributed by atoms with Gasteiger partial charge in [-0.15, -0.1) is 10.2 Å². The Morgan fingerprint density at radius 2 is 1.94 bits per heavy atom. The minimum Gasteiger partial charge on any atom is -0.466 e. The van der Waals surface area contributed by atoms with Crippen molar-refractivity contribution in [3.63, 3.8) is 0 Å². The molecular formula is C23H24Cl2N4O3S. The van der Waals surface area contributed by atoms with Gasteiger partial charge in [-0.25, -0.2) is 0 Å². The zero-order valence-corrected chi connectivity index (χ0v) is 20.6. The molecule has 1 heterocycles. The lowest BCUT2D eigenvalue weighted by molar-refractivity contribution is -0.144. The van der Waals surface area contributed by atoms with Crippen LogP contribution >= 0.6 is 35.0 Å². The summed E-state index contributed by atoms with van der Waals surface area (Å²) >= 11 is 14.1. The maximum atomic E-state index is 12.2. The van der Waals surface area contributed by atoms with Gasteiger partial charge in [-0.05, 0) is 37.6 Å². The molecule has 0 radical (unpaired) electrons. The highest BCUT2D eigenvalue weighted by Gasteiger charge is 2.18. The molecule has 0 fully saturated rings. The number of carbonyl (C=O) groups is 2. The number of aromatic nitrogens is 3. The molecule has 0 saturated carbocycles. The molecule has 3 rings (SSSR count). The quantitative estimate of drug-likeness (QED) is 0.302. The summed E-state index contributed by atoms with van der Waals surface area (Å²) in [6, 6.07) is 13.4. The van der Waals surface area contributed by atoms with E-state index in [1.54, 1.807) is 25.1 Å². The molecule has 2 aromatic carbocycles. The molecule has 1 aromatic heterocycles. The second-order valence-corrected chi connectivity index (χ2v) is 8.98. The Bertz CT molecular complexity index is 1140. The van der Waals surface area contributed by atoms with E-state index in [1.165, 1.54) is 17.3 Å². The van der Waals surface area contributed by atoms with Gasteiger partial charge in [0.1, 0.15) is 0 Å². The van der Waals surface area contributed by atoms with Crippen molar-refractivity contribution in [1.82, 2.24) is 20.1 Å². The Labute approximate surface area is 206 Å². The summed E-state index contributed by atoms with van der Waals surface area (Å²) in [5.41, 5.74) is 3.00. The number of carbonyl (C=O) groups excluding carboxylic acids is 2. The van der Waals surface area contributed by atoms with Gasteiger partial charge in [0.15, 0.2) is 11.0 Å². The smallest absolute Gasteiger partial charge is 0.306 e. The van der Waals surface area contributed by atoms with E-state index >= 15 is 0 Å². The number of nitrogens with zero attached hydrogens (tertiary/aromatic N) is 3. The molecule has 0 aliphatic rings. The standard InChI is InChI=1S/C23H24Cl2N4O3S/c1-3-32-22(31)10-9-21(30)26-13-20-27-28-23(33-14-16-6-4-5-15(2)11-16)29(20)19-8-7-17(24)12-18(19)25/h4-8,11-12H,3,9-10,13-14H2,1-2H3,(H,26,30). The average Bonchev–Trinajstić information content (AvgIpc) is 3.17. The first kappa shape index (κ1) is 25.1. The molecule has 7 nitrogen and oxygen atoms in total. The number of hydrogen-bond donors (Lipinski definition) is 1. The Morgan fingerprint density at radius 1 is 1.12 bits per heavy atom. The van der Waals surface area contributed by atoms with Crippen LogP contribution in [0.1, 0.15) is 36.7 Å². The molecule has 33 heavy (non-hydrogen) atoms. The molecule has 0 atom stereocenters. The molecular weight excluding hydrogens is 483 g/mol. The fourth-order valence-corrected chi connectivity index (χ4v) is 4.48. The largest absolute Gasteiger partial charge is 0.466 e. The minimum atomic E-state index is -0.404. The normalized spacial score (nSPS) is 10.8. The van der Waals surface area contributed by atoms with Gasteiger partial charge >= 0.3 is 5.97 Å². The third-order valence-corrected chi connectivity index (χ3v) is 6.14. The molecule has 0 aliphatic carbocycles. The van der Waals surface area contributed by atoms with Crippen LogP contribution in [-0.4, -0.2) is 33.2 Å². The predicted octanol–water partition coefficient (Wildman–Crippen LogP) is 5.13. The first-order valence-corrected chi connectivity index (χ1v) is 12.1. The van der Waals surface area contributed by atoms with Crippen LogP contribution in [0.4, 0.5) is 0 Å². The SMILES string of the molecule is CCOC(=O)CCC(=O)NCc1nnc(SCc2cccc(C)c2)n1-c1ccc(Cl)cc1Cl. The number of halogens is 2. The minimum absolute atomic E-state index is 0.0208. The Balaban J connectivity index is 1.78. The van der Waals surface area contributed by atoms with Crippen LogP contribution in [0, 0.1) is 6.92 Å². The van der Waals surface area contributed by atoms with Crippen LogP contribution in [-0.2, 0) is 26.6 Å². The highest BCUT2D eigenvalue weighted by atomic mass is 35.5. The number of ether oxygens (including phenoxy) is 1. The maximum Gasteiger partial charge on any atom is 0.306 e. The Kier molecular flexibility index (Phi) is 9.17. The zero-order valence-electron chi connectivity index (χ0n) is 18.3. The molecule has 0 bridgehead atoms. The Morgan fingerprint density at radius 3 is 2.67 bits per heavy atom. The van der Waals surface area contributed by atoms with Gasteiger partial charge in [-0.1, -0.05) is 64.8 Å². The first-order chi connectivity index (χ1) is 15.9. The van der Waals surface area contributed by atoms with E-state index in [9.17, 15) is 9.59 Å². The second-order valence-electron chi connectivity index (χ2n) is 7.19. The summed E-state index contributed by atoms with van der Waals surface area (Å²) in [7, 11) is 0. The maximum absolute atomic E-state index is 12.2. The third-order valence-electron chi connectivity index (χ3n) is 4.61.